The van der Waals surface area contributed by atoms with Gasteiger partial charge >= 0.3 is 11.9 Å². The maximum atomic E-state index is 13.1. The van der Waals surface area contributed by atoms with Crippen molar-refractivity contribution in [2.75, 3.05) is 35.2 Å². The molecule has 0 radical (unpaired) electrons. The highest BCUT2D eigenvalue weighted by Crippen LogP contribution is 2.48. The summed E-state index contributed by atoms with van der Waals surface area (Å²) < 4.78 is 64.7. The number of fused-ring (bicyclic) bond motifs is 4. The number of aryl methyl sites for hydroxylation is 1. The first-order valence-electron chi connectivity index (χ1n) is 17.2. The molecule has 18 heteroatoms. The second-order valence-electron chi connectivity index (χ2n) is 12.8. The summed E-state index contributed by atoms with van der Waals surface area (Å²) in [6, 6.07) is 22.0. The molecule has 6 rings (SSSR count). The maximum Gasteiger partial charge on any atom is 0.326 e. The van der Waals surface area contributed by atoms with Gasteiger partial charge in [-0.25, -0.2) is 17.9 Å². The van der Waals surface area contributed by atoms with Gasteiger partial charge < -0.3 is 20.0 Å². The summed E-state index contributed by atoms with van der Waals surface area (Å²) in [5.41, 5.74) is 2.16. The third kappa shape index (κ3) is 9.60. The number of hydrogen-bond donors (Lipinski definition) is 4. The van der Waals surface area contributed by atoms with Gasteiger partial charge in [0.05, 0.1) is 32.8 Å². The van der Waals surface area contributed by atoms with E-state index in [0.29, 0.717) is 31.0 Å². The zero-order valence-corrected chi connectivity index (χ0v) is 33.5. The number of carboxylic acids is 2. The van der Waals surface area contributed by atoms with E-state index in [2.05, 4.69) is 32.4 Å². The minimum Gasteiger partial charge on any atom is -0.480 e. The Balaban J connectivity index is 1.19. The highest BCUT2D eigenvalue weighted by molar-refractivity contribution is 8.04. The SMILES string of the molecule is CC(C(=O)O)N(CC(=O)O)c1ccc(S(=O)(=O)NCCCCN2C(=Cc3sc4ccc5ccccc5c4[n+]3CCCS(=O)(=O)O)Sc3ccc(Cl)cc32)cc1. The van der Waals surface area contributed by atoms with Crippen molar-refractivity contribution < 1.29 is 45.8 Å². The van der Waals surface area contributed by atoms with E-state index in [4.69, 9.17) is 11.6 Å². The first-order chi connectivity index (χ1) is 26.1. The van der Waals surface area contributed by atoms with Gasteiger partial charge in [0.2, 0.25) is 15.5 Å². The predicted octanol–water partition coefficient (Wildman–Crippen LogP) is 6.31. The van der Waals surface area contributed by atoms with E-state index in [-0.39, 0.29) is 29.3 Å². The lowest BCUT2D eigenvalue weighted by Gasteiger charge is -2.27. The van der Waals surface area contributed by atoms with Crippen molar-refractivity contribution in [2.24, 2.45) is 0 Å². The molecule has 0 saturated carbocycles. The quantitative estimate of drug-likeness (QED) is 0.0466. The molecule has 5 aromatic rings. The molecule has 0 aliphatic carbocycles. The van der Waals surface area contributed by atoms with Crippen molar-refractivity contribution in [3.8, 4) is 0 Å². The molecule has 1 atom stereocenters. The molecule has 2 heterocycles. The number of hydrogen-bond acceptors (Lipinski definition) is 10. The number of sulfonamides is 1. The fraction of sp³-hybridized carbons (Fsp3) is 0.270. The molecule has 290 valence electrons. The predicted molar refractivity (Wildman–Crippen MR) is 216 cm³/mol. The molecule has 55 heavy (non-hydrogen) atoms. The zero-order valence-electron chi connectivity index (χ0n) is 29.5. The van der Waals surface area contributed by atoms with Gasteiger partial charge in [-0.15, -0.1) is 0 Å². The van der Waals surface area contributed by atoms with Crippen molar-refractivity contribution in [2.45, 2.75) is 48.6 Å². The topological polar surface area (TPSA) is 185 Å². The standard InChI is InChI=1S/C37H37ClN4O9S4/c1-24(37(45)46)42(23-35(43)44)27-11-13-28(14-12-27)55(50,51)39-17-4-5-18-40-30-21-26(38)10-16-31(30)52-33(40)22-34-41(19-6-20-54(47,48)49)36-29-8-3-2-7-25(29)9-15-32(36)53-34/h2-3,7-16,21-22,24,39H,4-6,17-20,23H2,1H3,(H2-,43,44,45,46,47,48,49)/p+1. The number of rotatable bonds is 17. The van der Waals surface area contributed by atoms with Gasteiger partial charge in [-0.2, -0.15) is 13.0 Å². The summed E-state index contributed by atoms with van der Waals surface area (Å²) in [6.45, 7) is 1.83. The number of nitrogens with one attached hydrogen (secondary N) is 1. The van der Waals surface area contributed by atoms with E-state index in [9.17, 15) is 41.2 Å². The van der Waals surface area contributed by atoms with Crippen molar-refractivity contribution in [1.29, 1.82) is 0 Å². The molecule has 0 spiro atoms. The molecule has 1 unspecified atom stereocenters. The van der Waals surface area contributed by atoms with Crippen molar-refractivity contribution in [1.82, 2.24) is 4.72 Å². The Morgan fingerprint density at radius 1 is 0.982 bits per heavy atom. The van der Waals surface area contributed by atoms with Gasteiger partial charge in [-0.3, -0.25) is 9.35 Å². The van der Waals surface area contributed by atoms with Crippen LogP contribution in [0.2, 0.25) is 5.02 Å². The number of nitrogens with zero attached hydrogens (tertiary/aromatic N) is 3. The number of aliphatic carboxylic acids is 2. The van der Waals surface area contributed by atoms with E-state index in [1.807, 2.05) is 42.5 Å². The van der Waals surface area contributed by atoms with E-state index in [1.54, 1.807) is 23.1 Å². The fourth-order valence-electron chi connectivity index (χ4n) is 6.36. The molecule has 1 aliphatic rings. The molecule has 4 aromatic carbocycles. The molecular formula is C37H38ClN4O9S4+. The first kappa shape index (κ1) is 40.4. The van der Waals surface area contributed by atoms with Gasteiger partial charge in [-0.05, 0) is 79.7 Å². The number of halogens is 1. The third-order valence-corrected chi connectivity index (χ3v) is 13.8. The van der Waals surface area contributed by atoms with E-state index < -0.39 is 44.7 Å². The van der Waals surface area contributed by atoms with Crippen LogP contribution in [0.1, 0.15) is 31.2 Å². The number of carboxylic acid groups (broad SMARTS) is 2. The van der Waals surface area contributed by atoms with Crippen LogP contribution in [0.15, 0.2) is 93.7 Å². The van der Waals surface area contributed by atoms with Gasteiger partial charge in [0.15, 0.2) is 6.54 Å². The third-order valence-electron chi connectivity index (χ3n) is 9.05. The summed E-state index contributed by atoms with van der Waals surface area (Å²) in [7, 11) is -8.06. The summed E-state index contributed by atoms with van der Waals surface area (Å²) in [4.78, 5) is 27.1. The average Bonchev–Trinajstić information content (AvgIpc) is 3.66. The fourth-order valence-corrected chi connectivity index (χ4v) is 10.4. The molecular weight excluding hydrogens is 808 g/mol. The summed E-state index contributed by atoms with van der Waals surface area (Å²) in [5.74, 6) is -2.80. The van der Waals surface area contributed by atoms with Crippen LogP contribution in [0.25, 0.3) is 27.1 Å². The van der Waals surface area contributed by atoms with E-state index >= 15 is 0 Å². The van der Waals surface area contributed by atoms with Crippen LogP contribution in [-0.4, -0.2) is 75.0 Å². The normalized spacial score (nSPS) is 14.5. The molecule has 4 N–H and O–H groups in total. The van der Waals surface area contributed by atoms with E-state index in [0.717, 1.165) is 46.5 Å². The van der Waals surface area contributed by atoms with Crippen LogP contribution in [0.5, 0.6) is 0 Å². The Labute approximate surface area is 331 Å². The average molecular weight is 846 g/mol. The van der Waals surface area contributed by atoms with Crippen LogP contribution in [0, 0.1) is 0 Å². The number of anilines is 2. The Bertz CT molecular complexity index is 2510. The van der Waals surface area contributed by atoms with Crippen LogP contribution < -0.4 is 19.1 Å². The molecule has 1 aliphatic heterocycles. The van der Waals surface area contributed by atoms with Gasteiger partial charge in [0, 0.05) is 35.1 Å². The lowest BCUT2D eigenvalue weighted by molar-refractivity contribution is -0.667. The van der Waals surface area contributed by atoms with Crippen molar-refractivity contribution >= 4 is 105 Å². The molecule has 0 bridgehead atoms. The van der Waals surface area contributed by atoms with Gasteiger partial charge in [0.1, 0.15) is 17.3 Å². The smallest absolute Gasteiger partial charge is 0.326 e. The lowest BCUT2D eigenvalue weighted by Crippen LogP contribution is -2.42. The lowest BCUT2D eigenvalue weighted by atomic mass is 10.1. The van der Waals surface area contributed by atoms with Gasteiger partial charge in [0.25, 0.3) is 15.1 Å². The second-order valence-corrected chi connectivity index (χ2v) is 18.7. The van der Waals surface area contributed by atoms with Crippen molar-refractivity contribution in [3.63, 3.8) is 0 Å². The van der Waals surface area contributed by atoms with Crippen LogP contribution in [0.3, 0.4) is 0 Å². The van der Waals surface area contributed by atoms with Gasteiger partial charge in [-0.1, -0.05) is 59.0 Å². The van der Waals surface area contributed by atoms with Crippen LogP contribution in [-0.2, 0) is 36.3 Å². The Hall–Kier alpha value is -4.23. The zero-order chi connectivity index (χ0) is 39.5. The van der Waals surface area contributed by atoms with E-state index in [1.165, 1.54) is 31.2 Å². The maximum absolute atomic E-state index is 13.1. The number of carbonyl (C=O) groups is 2. The highest BCUT2D eigenvalue weighted by Gasteiger charge is 2.29. The Morgan fingerprint density at radius 2 is 1.73 bits per heavy atom. The summed E-state index contributed by atoms with van der Waals surface area (Å²) in [6.07, 6.45) is 3.39. The Morgan fingerprint density at radius 3 is 2.44 bits per heavy atom. The summed E-state index contributed by atoms with van der Waals surface area (Å²) in [5, 5.41) is 23.1. The van der Waals surface area contributed by atoms with Crippen LogP contribution in [0.4, 0.5) is 11.4 Å². The van der Waals surface area contributed by atoms with Crippen LogP contribution >= 0.6 is 34.7 Å². The monoisotopic (exact) mass is 845 g/mol. The molecule has 0 amide bonds. The number of benzene rings is 4. The van der Waals surface area contributed by atoms with Crippen molar-refractivity contribution in [3.05, 3.63) is 93.9 Å². The number of thiazole rings is 1. The Kier molecular flexibility index (Phi) is 12.4. The molecule has 0 saturated heterocycles. The highest BCUT2D eigenvalue weighted by atomic mass is 35.5. The first-order valence-corrected chi connectivity index (χ1v) is 22.3. The molecule has 0 fully saturated rings. The minimum absolute atomic E-state index is 0.0414. The second kappa shape index (κ2) is 16.9. The number of thioether (sulfide) groups is 1. The number of unbranched alkanes of at least 4 members (excludes halogenated alkanes) is 1. The number of aromatic nitrogens is 1. The molecule has 1 aromatic heterocycles. The minimum atomic E-state index is -4.14. The molecule has 13 nitrogen and oxygen atoms in total. The summed E-state index contributed by atoms with van der Waals surface area (Å²) >= 11 is 9.60. The largest absolute Gasteiger partial charge is 0.480 e.